The molecule has 2 N–H and O–H groups in total. The van der Waals surface area contributed by atoms with Gasteiger partial charge in [0.15, 0.2) is 11.5 Å². The van der Waals surface area contributed by atoms with Crippen LogP contribution in [-0.4, -0.2) is 26.9 Å². The summed E-state index contributed by atoms with van der Waals surface area (Å²) < 4.78 is 30.0. The summed E-state index contributed by atoms with van der Waals surface area (Å²) in [5.74, 6) is 0.386. The number of hydrogen-bond acceptors (Lipinski definition) is 4. The predicted molar refractivity (Wildman–Crippen MR) is 65.9 cm³/mol. The lowest BCUT2D eigenvalue weighted by Crippen LogP contribution is -2.17. The molecule has 1 aliphatic heterocycles. The van der Waals surface area contributed by atoms with Gasteiger partial charge in [0.05, 0.1) is 7.11 Å². The Labute approximate surface area is 106 Å². The summed E-state index contributed by atoms with van der Waals surface area (Å²) in [5.41, 5.74) is 6.25. The van der Waals surface area contributed by atoms with Gasteiger partial charge in [-0.2, -0.15) is 4.39 Å². The van der Waals surface area contributed by atoms with Crippen molar-refractivity contribution in [1.82, 2.24) is 0 Å². The van der Waals surface area contributed by atoms with E-state index in [9.17, 15) is 4.39 Å². The van der Waals surface area contributed by atoms with Gasteiger partial charge >= 0.3 is 0 Å². The Morgan fingerprint density at radius 2 is 2.11 bits per heavy atom. The van der Waals surface area contributed by atoms with E-state index in [-0.39, 0.29) is 11.5 Å². The van der Waals surface area contributed by atoms with Crippen LogP contribution in [0.25, 0.3) is 0 Å². The van der Waals surface area contributed by atoms with Gasteiger partial charge in [0.2, 0.25) is 11.6 Å². The highest BCUT2D eigenvalue weighted by atomic mass is 19.1. The fourth-order valence-corrected chi connectivity index (χ4v) is 2.04. The molecule has 4 nitrogen and oxygen atoms in total. The fourth-order valence-electron chi connectivity index (χ4n) is 2.04. The normalized spacial score (nSPS) is 13.5. The van der Waals surface area contributed by atoms with Crippen LogP contribution in [0.4, 0.5) is 4.39 Å². The van der Waals surface area contributed by atoms with E-state index in [2.05, 4.69) is 0 Å². The Hall–Kier alpha value is -1.49. The summed E-state index contributed by atoms with van der Waals surface area (Å²) in [6, 6.07) is 1.80. The summed E-state index contributed by atoms with van der Waals surface area (Å²) in [4.78, 5) is 0. The maximum Gasteiger partial charge on any atom is 0.210 e. The minimum absolute atomic E-state index is 0.153. The Morgan fingerprint density at radius 3 is 2.83 bits per heavy atom. The average molecular weight is 255 g/mol. The molecule has 1 aromatic carbocycles. The molecule has 0 aromatic heterocycles. The van der Waals surface area contributed by atoms with E-state index < -0.39 is 5.82 Å². The van der Waals surface area contributed by atoms with Gasteiger partial charge < -0.3 is 19.9 Å². The molecule has 0 amide bonds. The second-order valence-corrected chi connectivity index (χ2v) is 4.15. The number of hydrogen-bond donors (Lipinski definition) is 1. The third-order valence-electron chi connectivity index (χ3n) is 2.91. The molecule has 0 saturated heterocycles. The highest BCUT2D eigenvalue weighted by Gasteiger charge is 2.23. The van der Waals surface area contributed by atoms with Crippen LogP contribution >= 0.6 is 0 Å². The van der Waals surface area contributed by atoms with Gasteiger partial charge in [-0.3, -0.25) is 0 Å². The van der Waals surface area contributed by atoms with Crippen LogP contribution < -0.4 is 19.9 Å². The second-order valence-electron chi connectivity index (χ2n) is 4.15. The molecule has 0 unspecified atom stereocenters. The molecule has 0 aliphatic carbocycles. The van der Waals surface area contributed by atoms with Gasteiger partial charge in [-0.25, -0.2) is 0 Å². The largest absolute Gasteiger partial charge is 0.493 e. The van der Waals surface area contributed by atoms with Crippen molar-refractivity contribution in [3.63, 3.8) is 0 Å². The summed E-state index contributed by atoms with van der Waals surface area (Å²) in [6.07, 6.45) is 2.51. The highest BCUT2D eigenvalue weighted by Crippen LogP contribution is 2.41. The van der Waals surface area contributed by atoms with Gasteiger partial charge in [0.1, 0.15) is 13.2 Å². The van der Waals surface area contributed by atoms with Gasteiger partial charge in [-0.1, -0.05) is 0 Å². The lowest BCUT2D eigenvalue weighted by atomic mass is 10.1. The number of unbranched alkanes of at least 4 members (excludes halogenated alkanes) is 1. The molecule has 0 radical (unpaired) electrons. The van der Waals surface area contributed by atoms with E-state index in [1.807, 2.05) is 0 Å². The molecule has 1 aromatic rings. The Balaban J connectivity index is 2.30. The summed E-state index contributed by atoms with van der Waals surface area (Å²) in [6.45, 7) is 1.44. The number of methoxy groups -OCH3 is 1. The quantitative estimate of drug-likeness (QED) is 0.816. The average Bonchev–Trinajstić information content (AvgIpc) is 2.39. The maximum atomic E-state index is 14.2. The summed E-state index contributed by atoms with van der Waals surface area (Å²) in [5, 5.41) is 0. The van der Waals surface area contributed by atoms with Crippen LogP contribution in [0, 0.1) is 5.82 Å². The number of benzene rings is 1. The molecule has 18 heavy (non-hydrogen) atoms. The van der Waals surface area contributed by atoms with Crippen molar-refractivity contribution in [2.45, 2.75) is 19.3 Å². The van der Waals surface area contributed by atoms with Gasteiger partial charge in [-0.05, 0) is 31.9 Å². The van der Waals surface area contributed by atoms with Crippen LogP contribution in [0.3, 0.4) is 0 Å². The molecule has 0 bridgehead atoms. The minimum Gasteiger partial charge on any atom is -0.493 e. The van der Waals surface area contributed by atoms with Crippen LogP contribution in [0.5, 0.6) is 17.2 Å². The lowest BCUT2D eigenvalue weighted by molar-refractivity contribution is 0.162. The van der Waals surface area contributed by atoms with Crippen molar-refractivity contribution < 1.29 is 18.6 Å². The number of halogens is 1. The van der Waals surface area contributed by atoms with Crippen molar-refractivity contribution in [3.8, 4) is 17.2 Å². The zero-order chi connectivity index (χ0) is 13.0. The van der Waals surface area contributed by atoms with Crippen molar-refractivity contribution in [2.75, 3.05) is 26.9 Å². The molecule has 1 aliphatic rings. The van der Waals surface area contributed by atoms with E-state index in [0.717, 1.165) is 18.4 Å². The Morgan fingerprint density at radius 1 is 1.33 bits per heavy atom. The van der Waals surface area contributed by atoms with E-state index in [4.69, 9.17) is 19.9 Å². The lowest BCUT2D eigenvalue weighted by Gasteiger charge is -2.21. The standard InChI is InChI=1S/C13H18FNO3/c1-16-12-9(4-2-3-5-15)8-10-13(11(12)14)18-7-6-17-10/h8H,2-7,15H2,1H3. The van der Waals surface area contributed by atoms with E-state index in [1.165, 1.54) is 7.11 Å². The van der Waals surface area contributed by atoms with Crippen LogP contribution in [0.15, 0.2) is 6.07 Å². The van der Waals surface area contributed by atoms with Crippen molar-refractivity contribution in [1.29, 1.82) is 0 Å². The van der Waals surface area contributed by atoms with Crippen molar-refractivity contribution in [3.05, 3.63) is 17.4 Å². The molecular formula is C13H18FNO3. The topological polar surface area (TPSA) is 53.7 Å². The first kappa shape index (κ1) is 13.0. The second kappa shape index (κ2) is 5.91. The summed E-state index contributed by atoms with van der Waals surface area (Å²) in [7, 11) is 1.46. The summed E-state index contributed by atoms with van der Waals surface area (Å²) >= 11 is 0. The Kier molecular flexibility index (Phi) is 4.25. The Bertz CT molecular complexity index is 423. The first-order chi connectivity index (χ1) is 8.77. The van der Waals surface area contributed by atoms with Gasteiger partial charge in [0.25, 0.3) is 0 Å². The minimum atomic E-state index is -0.475. The zero-order valence-corrected chi connectivity index (χ0v) is 10.5. The van der Waals surface area contributed by atoms with E-state index in [0.29, 0.717) is 31.9 Å². The molecule has 0 saturated carbocycles. The molecular weight excluding hydrogens is 237 g/mol. The molecule has 0 fully saturated rings. The first-order valence-corrected chi connectivity index (χ1v) is 6.13. The number of rotatable bonds is 5. The van der Waals surface area contributed by atoms with E-state index >= 15 is 0 Å². The molecule has 0 spiro atoms. The van der Waals surface area contributed by atoms with Crippen LogP contribution in [-0.2, 0) is 6.42 Å². The van der Waals surface area contributed by atoms with Crippen molar-refractivity contribution >= 4 is 0 Å². The van der Waals surface area contributed by atoms with Crippen molar-refractivity contribution in [2.24, 2.45) is 5.73 Å². The van der Waals surface area contributed by atoms with Gasteiger partial charge in [-0.15, -0.1) is 0 Å². The van der Waals surface area contributed by atoms with Gasteiger partial charge in [0, 0.05) is 5.56 Å². The maximum absolute atomic E-state index is 14.2. The third kappa shape index (κ3) is 2.51. The molecule has 2 rings (SSSR count). The van der Waals surface area contributed by atoms with E-state index in [1.54, 1.807) is 6.07 Å². The molecule has 0 atom stereocenters. The zero-order valence-electron chi connectivity index (χ0n) is 10.5. The number of nitrogens with two attached hydrogens (primary N) is 1. The number of ether oxygens (including phenoxy) is 3. The number of fused-ring (bicyclic) bond motifs is 1. The fraction of sp³-hybridized carbons (Fsp3) is 0.538. The number of aryl methyl sites for hydroxylation is 1. The molecule has 100 valence electrons. The molecule has 5 heteroatoms. The third-order valence-corrected chi connectivity index (χ3v) is 2.91. The SMILES string of the molecule is COc1c(CCCCN)cc2c(c1F)OCCO2. The smallest absolute Gasteiger partial charge is 0.210 e. The predicted octanol–water partition coefficient (Wildman–Crippen LogP) is 1.89. The van der Waals surface area contributed by atoms with Crippen LogP contribution in [0.1, 0.15) is 18.4 Å². The molecule has 1 heterocycles. The first-order valence-electron chi connectivity index (χ1n) is 6.13. The highest BCUT2D eigenvalue weighted by molar-refractivity contribution is 5.52. The van der Waals surface area contributed by atoms with Crippen LogP contribution in [0.2, 0.25) is 0 Å². The monoisotopic (exact) mass is 255 g/mol.